The smallest absolute Gasteiger partial charge is 0.123 e. The first kappa shape index (κ1) is 32.3. The van der Waals surface area contributed by atoms with E-state index in [0.717, 1.165) is 55.6 Å². The number of carbonyl (C=O) groups excluding carboxylic acids is 1. The van der Waals surface area contributed by atoms with Crippen molar-refractivity contribution in [2.75, 3.05) is 20.1 Å². The molecule has 32 heavy (non-hydrogen) atoms. The lowest BCUT2D eigenvalue weighted by atomic mass is 9.90. The maximum absolute atomic E-state index is 10.3. The number of nitrogens with two attached hydrogens (primary N) is 1. The molecule has 1 fully saturated rings. The van der Waals surface area contributed by atoms with Crippen molar-refractivity contribution in [3.8, 4) is 0 Å². The molecule has 1 aliphatic heterocycles. The monoisotopic (exact) mass is 448 g/mol. The van der Waals surface area contributed by atoms with E-state index >= 15 is 0 Å². The third-order valence-corrected chi connectivity index (χ3v) is 5.11. The number of aliphatic imine (C=N–C) groups is 1. The molecule has 0 unspecified atom stereocenters. The maximum atomic E-state index is 10.3. The van der Waals surface area contributed by atoms with Crippen molar-refractivity contribution in [3.05, 3.63) is 22.3 Å². The number of piperidine rings is 1. The van der Waals surface area contributed by atoms with Crippen LogP contribution in [0.5, 0.6) is 0 Å². The number of hydrogen-bond donors (Lipinski definition) is 2. The van der Waals surface area contributed by atoms with Gasteiger partial charge < -0.3 is 20.4 Å². The molecule has 0 radical (unpaired) electrons. The summed E-state index contributed by atoms with van der Waals surface area (Å²) in [6.07, 6.45) is 13.0. The molecule has 0 aliphatic carbocycles. The fourth-order valence-corrected chi connectivity index (χ4v) is 3.49. The quantitative estimate of drug-likeness (QED) is 0.342. The molecule has 0 saturated carbocycles. The highest BCUT2D eigenvalue weighted by Gasteiger charge is 2.19. The summed E-state index contributed by atoms with van der Waals surface area (Å²) in [4.78, 5) is 20.1. The second-order valence-electron chi connectivity index (χ2n) is 8.29. The molecule has 1 aromatic heterocycles. The van der Waals surface area contributed by atoms with Crippen molar-refractivity contribution in [3.63, 3.8) is 0 Å². The highest BCUT2D eigenvalue weighted by molar-refractivity contribution is 5.79. The number of H-pyrrole nitrogens is 1. The van der Waals surface area contributed by atoms with Crippen molar-refractivity contribution < 1.29 is 4.79 Å². The van der Waals surface area contributed by atoms with E-state index in [2.05, 4.69) is 62.4 Å². The van der Waals surface area contributed by atoms with Gasteiger partial charge in [0.25, 0.3) is 0 Å². The molecule has 0 bridgehead atoms. The topological polar surface area (TPSA) is 74.5 Å². The molecular weight excluding hydrogens is 396 g/mol. The molecular formula is C27H52N4O. The van der Waals surface area contributed by atoms with Gasteiger partial charge in [0.05, 0.1) is 5.84 Å². The Bertz CT molecular complexity index is 690. The number of likely N-dealkylation sites (tertiary alicyclic amines) is 1. The predicted octanol–water partition coefficient (Wildman–Crippen LogP) is 5.19. The molecule has 5 nitrogen and oxygen atoms in total. The van der Waals surface area contributed by atoms with Gasteiger partial charge in [-0.2, -0.15) is 0 Å². The normalized spacial score (nSPS) is 15.2. The molecule has 0 amide bonds. The third kappa shape index (κ3) is 14.2. The van der Waals surface area contributed by atoms with Crippen LogP contribution in [0, 0.1) is 5.92 Å². The van der Waals surface area contributed by atoms with Crippen molar-refractivity contribution in [1.82, 2.24) is 9.88 Å². The van der Waals surface area contributed by atoms with Gasteiger partial charge in [-0.3, -0.25) is 0 Å². The summed E-state index contributed by atoms with van der Waals surface area (Å²) in [5, 5.41) is 2.03. The van der Waals surface area contributed by atoms with E-state index in [1.807, 2.05) is 20.0 Å². The number of aromatic nitrogens is 1. The number of rotatable bonds is 7. The number of aromatic amines is 1. The molecule has 2 heterocycles. The van der Waals surface area contributed by atoms with E-state index < -0.39 is 0 Å². The summed E-state index contributed by atoms with van der Waals surface area (Å²) >= 11 is 0. The minimum absolute atomic E-state index is 0.333. The molecule has 1 aromatic rings. The van der Waals surface area contributed by atoms with Crippen LogP contribution in [-0.4, -0.2) is 42.1 Å². The number of nitrogens with zero attached hydrogens (tertiary/aromatic N) is 2. The second kappa shape index (κ2) is 21.0. The first-order valence-electron chi connectivity index (χ1n) is 12.6. The van der Waals surface area contributed by atoms with Crippen LogP contribution < -0.4 is 16.3 Å². The van der Waals surface area contributed by atoms with E-state index in [-0.39, 0.29) is 0 Å². The summed E-state index contributed by atoms with van der Waals surface area (Å²) in [5.41, 5.74) is 6.92. The Hall–Kier alpha value is -1.88. The molecule has 186 valence electrons. The van der Waals surface area contributed by atoms with Crippen LogP contribution in [0.15, 0.2) is 11.2 Å². The lowest BCUT2D eigenvalue weighted by molar-refractivity contribution is -0.111. The highest BCUT2D eigenvalue weighted by atomic mass is 16.1. The van der Waals surface area contributed by atoms with Gasteiger partial charge in [0.1, 0.15) is 6.29 Å². The van der Waals surface area contributed by atoms with Crippen LogP contribution in [0.25, 0.3) is 12.8 Å². The minimum atomic E-state index is 0.333. The van der Waals surface area contributed by atoms with Crippen LogP contribution in [0.2, 0.25) is 0 Å². The Kier molecular flexibility index (Phi) is 21.2. The van der Waals surface area contributed by atoms with Crippen molar-refractivity contribution in [1.29, 1.82) is 0 Å². The zero-order valence-corrected chi connectivity index (χ0v) is 22.3. The number of nitrogens with one attached hydrogen (secondary N) is 1. The summed E-state index contributed by atoms with van der Waals surface area (Å²) in [5.74, 6) is 1.51. The Labute approximate surface area is 198 Å². The van der Waals surface area contributed by atoms with Crippen molar-refractivity contribution >= 4 is 24.9 Å². The van der Waals surface area contributed by atoms with Gasteiger partial charge in [0, 0.05) is 28.9 Å². The van der Waals surface area contributed by atoms with Gasteiger partial charge in [-0.05, 0) is 64.2 Å². The lowest BCUT2D eigenvalue weighted by Crippen LogP contribution is -2.32. The fourth-order valence-electron chi connectivity index (χ4n) is 3.49. The van der Waals surface area contributed by atoms with Crippen LogP contribution in [0.4, 0.5) is 0 Å². The molecule has 1 saturated heterocycles. The van der Waals surface area contributed by atoms with E-state index in [9.17, 15) is 4.79 Å². The summed E-state index contributed by atoms with van der Waals surface area (Å²) in [7, 11) is 2.18. The molecule has 3 N–H and O–H groups in total. The van der Waals surface area contributed by atoms with Crippen molar-refractivity contribution in [2.45, 2.75) is 99.3 Å². The van der Waals surface area contributed by atoms with Gasteiger partial charge in [0.2, 0.25) is 0 Å². The largest absolute Gasteiger partial charge is 0.387 e. The van der Waals surface area contributed by atoms with Gasteiger partial charge >= 0.3 is 0 Å². The highest BCUT2D eigenvalue weighted by Crippen LogP contribution is 2.24. The minimum Gasteiger partial charge on any atom is -0.387 e. The maximum Gasteiger partial charge on any atom is 0.123 e. The van der Waals surface area contributed by atoms with Gasteiger partial charge in [-0.25, -0.2) is 4.99 Å². The number of amidine groups is 1. The molecule has 2 rings (SSSR count). The summed E-state index contributed by atoms with van der Waals surface area (Å²) in [6.45, 7) is 20.6. The Morgan fingerprint density at radius 1 is 1.22 bits per heavy atom. The zero-order valence-electron chi connectivity index (χ0n) is 22.3. The van der Waals surface area contributed by atoms with Crippen LogP contribution in [-0.2, 0) is 4.79 Å². The van der Waals surface area contributed by atoms with E-state index in [4.69, 9.17) is 5.73 Å². The third-order valence-electron chi connectivity index (χ3n) is 5.11. The SMILES string of the molecule is C=c1[nH]cc(C2CCN(C)CC2)/c1=C/N=C(C)N.CC.CCC.CCCC(C=O)CCC. The van der Waals surface area contributed by atoms with E-state index in [0.29, 0.717) is 17.7 Å². The lowest BCUT2D eigenvalue weighted by Gasteiger charge is -2.28. The average molecular weight is 449 g/mol. The van der Waals surface area contributed by atoms with Crippen LogP contribution in [0.1, 0.15) is 105 Å². The van der Waals surface area contributed by atoms with Crippen molar-refractivity contribution in [2.24, 2.45) is 16.6 Å². The molecule has 0 atom stereocenters. The predicted molar refractivity (Wildman–Crippen MR) is 143 cm³/mol. The standard InChI is InChI=1S/C14H22N4.C8H16O.C3H8.C2H6/c1-10-13(8-17-11(2)15)14(9-16-10)12-4-6-18(3)7-5-12;1-3-5-8(7-9)6-4-2;1-3-2;1-2/h8-9,12,16H,1,4-7H2,2-3H3,(H2,15,17);7-8H,3-6H2,1-2H3;3H2,1-2H3;1-2H3/b13-8+;;;. The Balaban J connectivity index is 0. The van der Waals surface area contributed by atoms with E-state index in [1.165, 1.54) is 24.8 Å². The van der Waals surface area contributed by atoms with Gasteiger partial charge in [-0.15, -0.1) is 0 Å². The van der Waals surface area contributed by atoms with Gasteiger partial charge in [0.15, 0.2) is 0 Å². The summed E-state index contributed by atoms with van der Waals surface area (Å²) < 4.78 is 0. The van der Waals surface area contributed by atoms with E-state index in [1.54, 1.807) is 6.92 Å². The van der Waals surface area contributed by atoms with Crippen LogP contribution >= 0.6 is 0 Å². The first-order valence-corrected chi connectivity index (χ1v) is 12.6. The summed E-state index contributed by atoms with van der Waals surface area (Å²) in [6, 6.07) is 0. The van der Waals surface area contributed by atoms with Crippen LogP contribution in [0.3, 0.4) is 0 Å². The number of hydrogen-bond acceptors (Lipinski definition) is 3. The average Bonchev–Trinajstić information content (AvgIpc) is 3.15. The van der Waals surface area contributed by atoms with Gasteiger partial charge in [-0.1, -0.05) is 67.4 Å². The molecule has 1 aliphatic rings. The Morgan fingerprint density at radius 2 is 1.72 bits per heavy atom. The molecule has 5 heteroatoms. The number of carbonyl (C=O) groups is 1. The Morgan fingerprint density at radius 3 is 2.12 bits per heavy atom. The number of aldehydes is 1. The first-order chi connectivity index (χ1) is 15.3. The molecule has 0 aromatic carbocycles. The molecule has 0 spiro atoms. The fraction of sp³-hybridized carbons (Fsp3) is 0.704. The zero-order chi connectivity index (χ0) is 24.9. The second-order valence-corrected chi connectivity index (χ2v) is 8.29.